The fourth-order valence-electron chi connectivity index (χ4n) is 3.42. The van der Waals surface area contributed by atoms with Crippen LogP contribution in [0.4, 0.5) is 0 Å². The third kappa shape index (κ3) is 6.70. The predicted octanol–water partition coefficient (Wildman–Crippen LogP) is 3.63. The maximum Gasteiger partial charge on any atom is 0.180 e. The van der Waals surface area contributed by atoms with Gasteiger partial charge in [-0.3, -0.25) is 4.90 Å². The fraction of sp³-hybridized carbons (Fsp3) is 0.391. The van der Waals surface area contributed by atoms with Crippen LogP contribution in [-0.2, 0) is 12.3 Å². The summed E-state index contributed by atoms with van der Waals surface area (Å²) in [6.45, 7) is 9.79. The summed E-state index contributed by atoms with van der Waals surface area (Å²) in [6.07, 6.45) is 1.83. The molecule has 0 bridgehead atoms. The van der Waals surface area contributed by atoms with E-state index in [1.54, 1.807) is 0 Å². The van der Waals surface area contributed by atoms with Crippen molar-refractivity contribution < 1.29 is 0 Å². The molecule has 1 saturated heterocycles. The Morgan fingerprint density at radius 2 is 1.83 bits per heavy atom. The number of benzene rings is 2. The molecule has 1 aliphatic heterocycles. The SMILES string of the molecule is Cc1cc(C=NN=C(N)SCc2ccccc2)c(C)c(CN2CCN(C)CC2)c1. The first-order valence-corrected chi connectivity index (χ1v) is 11.0. The van der Waals surface area contributed by atoms with E-state index in [9.17, 15) is 0 Å². The first-order chi connectivity index (χ1) is 14.0. The molecule has 0 saturated carbocycles. The van der Waals surface area contributed by atoms with E-state index < -0.39 is 0 Å². The molecule has 1 fully saturated rings. The van der Waals surface area contributed by atoms with Crippen LogP contribution in [0.3, 0.4) is 0 Å². The molecular formula is C23H31N5S. The molecule has 5 nitrogen and oxygen atoms in total. The number of likely N-dealkylation sites (N-methyl/N-ethyl adjacent to an activating group) is 1. The third-order valence-corrected chi connectivity index (χ3v) is 6.13. The Bertz CT molecular complexity index is 855. The summed E-state index contributed by atoms with van der Waals surface area (Å²) >= 11 is 1.50. The second-order valence-corrected chi connectivity index (χ2v) is 8.67. The van der Waals surface area contributed by atoms with Crippen LogP contribution in [-0.4, -0.2) is 54.4 Å². The number of hydrogen-bond acceptors (Lipinski definition) is 5. The maximum absolute atomic E-state index is 6.01. The number of piperazine rings is 1. The highest BCUT2D eigenvalue weighted by Crippen LogP contribution is 2.18. The maximum atomic E-state index is 6.01. The predicted molar refractivity (Wildman–Crippen MR) is 126 cm³/mol. The molecule has 0 radical (unpaired) electrons. The molecule has 0 unspecified atom stereocenters. The molecule has 2 aromatic carbocycles. The van der Waals surface area contributed by atoms with E-state index in [4.69, 9.17) is 5.73 Å². The molecule has 3 rings (SSSR count). The summed E-state index contributed by atoms with van der Waals surface area (Å²) < 4.78 is 0. The van der Waals surface area contributed by atoms with Crippen LogP contribution >= 0.6 is 11.8 Å². The normalized spacial score (nSPS) is 16.6. The lowest BCUT2D eigenvalue weighted by molar-refractivity contribution is 0.148. The van der Waals surface area contributed by atoms with Crippen LogP contribution in [0, 0.1) is 13.8 Å². The molecule has 0 amide bonds. The molecule has 0 aliphatic carbocycles. The molecule has 2 N–H and O–H groups in total. The van der Waals surface area contributed by atoms with Gasteiger partial charge in [0.25, 0.3) is 0 Å². The van der Waals surface area contributed by atoms with E-state index in [1.165, 1.54) is 34.0 Å². The highest BCUT2D eigenvalue weighted by molar-refractivity contribution is 8.13. The number of hydrogen-bond donors (Lipinski definition) is 1. The summed E-state index contributed by atoms with van der Waals surface area (Å²) in [5, 5.41) is 8.90. The van der Waals surface area contributed by atoms with Crippen LogP contribution in [0.25, 0.3) is 0 Å². The Hall–Kier alpha value is -2.15. The second kappa shape index (κ2) is 10.6. The van der Waals surface area contributed by atoms with Crippen molar-refractivity contribution in [3.05, 3.63) is 70.3 Å². The Kier molecular flexibility index (Phi) is 7.86. The monoisotopic (exact) mass is 409 g/mol. The van der Waals surface area contributed by atoms with Gasteiger partial charge in [-0.05, 0) is 43.1 Å². The van der Waals surface area contributed by atoms with Gasteiger partial charge in [0.05, 0.1) is 6.21 Å². The van der Waals surface area contributed by atoms with Gasteiger partial charge in [0, 0.05) is 38.5 Å². The van der Waals surface area contributed by atoms with E-state index in [2.05, 4.69) is 65.2 Å². The summed E-state index contributed by atoms with van der Waals surface area (Å²) in [5.41, 5.74) is 12.2. The van der Waals surface area contributed by atoms with E-state index in [1.807, 2.05) is 24.4 Å². The van der Waals surface area contributed by atoms with Gasteiger partial charge in [-0.1, -0.05) is 59.8 Å². The van der Waals surface area contributed by atoms with Crippen molar-refractivity contribution in [2.45, 2.75) is 26.1 Å². The molecule has 6 heteroatoms. The zero-order valence-corrected chi connectivity index (χ0v) is 18.5. The highest BCUT2D eigenvalue weighted by atomic mass is 32.2. The van der Waals surface area contributed by atoms with E-state index in [0.717, 1.165) is 44.0 Å². The van der Waals surface area contributed by atoms with Crippen LogP contribution in [0.1, 0.15) is 27.8 Å². The standard InChI is InChI=1S/C23H31N5S/c1-18-13-21(15-25-26-23(24)29-17-20-7-5-4-6-8-20)19(2)22(14-18)16-28-11-9-27(3)10-12-28/h4-8,13-15H,9-12,16-17H2,1-3H3,(H2,24,26). The van der Waals surface area contributed by atoms with Gasteiger partial charge < -0.3 is 10.6 Å². The summed E-state index contributed by atoms with van der Waals surface area (Å²) in [4.78, 5) is 4.91. The largest absolute Gasteiger partial charge is 0.377 e. The topological polar surface area (TPSA) is 57.2 Å². The average Bonchev–Trinajstić information content (AvgIpc) is 2.72. The van der Waals surface area contributed by atoms with Gasteiger partial charge in [-0.25, -0.2) is 0 Å². The first kappa shape index (κ1) is 21.6. The van der Waals surface area contributed by atoms with Crippen LogP contribution in [0.2, 0.25) is 0 Å². The molecular weight excluding hydrogens is 378 g/mol. The highest BCUT2D eigenvalue weighted by Gasteiger charge is 2.15. The van der Waals surface area contributed by atoms with Crippen LogP contribution in [0.5, 0.6) is 0 Å². The summed E-state index contributed by atoms with van der Waals surface area (Å²) in [5.74, 6) is 0.796. The molecule has 154 valence electrons. The Morgan fingerprint density at radius 1 is 1.10 bits per heavy atom. The van der Waals surface area contributed by atoms with Crippen molar-refractivity contribution in [2.75, 3.05) is 33.2 Å². The van der Waals surface area contributed by atoms with Gasteiger partial charge in [-0.15, -0.1) is 5.10 Å². The van der Waals surface area contributed by atoms with Crippen molar-refractivity contribution in [3.8, 4) is 0 Å². The van der Waals surface area contributed by atoms with Gasteiger partial charge in [0.2, 0.25) is 0 Å². The van der Waals surface area contributed by atoms with Gasteiger partial charge in [0.1, 0.15) is 0 Å². The zero-order valence-electron chi connectivity index (χ0n) is 17.6. The quantitative estimate of drug-likeness (QED) is 0.450. The number of thioether (sulfide) groups is 1. The minimum Gasteiger partial charge on any atom is -0.377 e. The number of aryl methyl sites for hydroxylation is 1. The molecule has 2 aromatic rings. The molecule has 29 heavy (non-hydrogen) atoms. The van der Waals surface area contributed by atoms with Gasteiger partial charge in [0.15, 0.2) is 5.17 Å². The van der Waals surface area contributed by atoms with Crippen molar-refractivity contribution in [2.24, 2.45) is 15.9 Å². The first-order valence-electron chi connectivity index (χ1n) is 10.1. The Balaban J connectivity index is 1.62. The van der Waals surface area contributed by atoms with Crippen molar-refractivity contribution >= 4 is 23.1 Å². The number of nitrogens with zero attached hydrogens (tertiary/aromatic N) is 4. The average molecular weight is 410 g/mol. The molecule has 0 spiro atoms. The van der Waals surface area contributed by atoms with Gasteiger partial charge in [-0.2, -0.15) is 5.10 Å². The van der Waals surface area contributed by atoms with Crippen LogP contribution < -0.4 is 5.73 Å². The van der Waals surface area contributed by atoms with Gasteiger partial charge >= 0.3 is 0 Å². The lowest BCUT2D eigenvalue weighted by atomic mass is 9.99. The number of amidine groups is 1. The second-order valence-electron chi connectivity index (χ2n) is 7.67. The number of nitrogens with two attached hydrogens (primary N) is 1. The number of rotatable bonds is 6. The minimum absolute atomic E-state index is 0.480. The van der Waals surface area contributed by atoms with Crippen molar-refractivity contribution in [1.29, 1.82) is 0 Å². The smallest absolute Gasteiger partial charge is 0.180 e. The summed E-state index contributed by atoms with van der Waals surface area (Å²) in [6, 6.07) is 14.7. The lowest BCUT2D eigenvalue weighted by Crippen LogP contribution is -2.44. The van der Waals surface area contributed by atoms with Crippen LogP contribution in [0.15, 0.2) is 52.7 Å². The van der Waals surface area contributed by atoms with E-state index >= 15 is 0 Å². The zero-order chi connectivity index (χ0) is 20.6. The molecule has 0 atom stereocenters. The fourth-order valence-corrected chi connectivity index (χ4v) is 4.03. The van der Waals surface area contributed by atoms with Crippen molar-refractivity contribution in [1.82, 2.24) is 9.80 Å². The molecule has 0 aromatic heterocycles. The van der Waals surface area contributed by atoms with E-state index in [0.29, 0.717) is 5.17 Å². The lowest BCUT2D eigenvalue weighted by Gasteiger charge is -2.32. The Labute approximate surface area is 178 Å². The summed E-state index contributed by atoms with van der Waals surface area (Å²) in [7, 11) is 2.19. The Morgan fingerprint density at radius 3 is 2.55 bits per heavy atom. The molecule has 1 aliphatic rings. The minimum atomic E-state index is 0.480. The van der Waals surface area contributed by atoms with E-state index in [-0.39, 0.29) is 0 Å². The third-order valence-electron chi connectivity index (χ3n) is 5.27. The molecule has 1 heterocycles. The van der Waals surface area contributed by atoms with Crippen molar-refractivity contribution in [3.63, 3.8) is 0 Å².